The molecule has 3 N–H and O–H groups in total. The van der Waals surface area contributed by atoms with Gasteiger partial charge in [-0.25, -0.2) is 0 Å². The fourth-order valence-electron chi connectivity index (χ4n) is 2.39. The summed E-state index contributed by atoms with van der Waals surface area (Å²) in [4.78, 5) is 0. The summed E-state index contributed by atoms with van der Waals surface area (Å²) in [7, 11) is 0. The first-order chi connectivity index (χ1) is 8.75. The number of hydrogen-bond donors (Lipinski definition) is 2. The normalized spacial score (nSPS) is 17.6. The van der Waals surface area contributed by atoms with Gasteiger partial charge < -0.3 is 11.1 Å². The molecule has 18 heavy (non-hydrogen) atoms. The van der Waals surface area contributed by atoms with Crippen molar-refractivity contribution in [1.82, 2.24) is 5.32 Å². The van der Waals surface area contributed by atoms with Crippen molar-refractivity contribution in [2.24, 2.45) is 5.73 Å². The van der Waals surface area contributed by atoms with Gasteiger partial charge in [0.15, 0.2) is 0 Å². The van der Waals surface area contributed by atoms with E-state index in [4.69, 9.17) is 5.73 Å². The Labute approximate surface area is 107 Å². The molecule has 0 bridgehead atoms. The fourth-order valence-corrected chi connectivity index (χ4v) is 2.39. The molecular formula is C16H16N2. The maximum Gasteiger partial charge on any atom is 0.0769 e. The van der Waals surface area contributed by atoms with Crippen LogP contribution in [0.4, 0.5) is 0 Å². The lowest BCUT2D eigenvalue weighted by Gasteiger charge is -2.26. The van der Waals surface area contributed by atoms with Gasteiger partial charge in [0, 0.05) is 11.8 Å². The van der Waals surface area contributed by atoms with Gasteiger partial charge in [-0.05, 0) is 18.1 Å². The van der Waals surface area contributed by atoms with Crippen LogP contribution in [0.25, 0.3) is 5.70 Å². The van der Waals surface area contributed by atoms with Crippen molar-refractivity contribution in [3.05, 3.63) is 77.0 Å². The maximum absolute atomic E-state index is 6.01. The zero-order chi connectivity index (χ0) is 12.5. The van der Waals surface area contributed by atoms with Gasteiger partial charge in [-0.1, -0.05) is 54.1 Å². The topological polar surface area (TPSA) is 38.0 Å². The van der Waals surface area contributed by atoms with E-state index in [1.165, 1.54) is 16.7 Å². The molecule has 1 atom stereocenters. The molecule has 0 spiro atoms. The highest BCUT2D eigenvalue weighted by Gasteiger charge is 2.20. The van der Waals surface area contributed by atoms with E-state index in [0.717, 1.165) is 11.3 Å². The monoisotopic (exact) mass is 236 g/mol. The van der Waals surface area contributed by atoms with Gasteiger partial charge in [-0.2, -0.15) is 0 Å². The summed E-state index contributed by atoms with van der Waals surface area (Å²) < 4.78 is 0. The Morgan fingerprint density at radius 1 is 1.00 bits per heavy atom. The van der Waals surface area contributed by atoms with Crippen LogP contribution < -0.4 is 11.1 Å². The predicted octanol–water partition coefficient (Wildman–Crippen LogP) is 2.94. The SMILES string of the molecule is Cc1ccc(C2NC=C(N)c3ccccc32)cc1. The summed E-state index contributed by atoms with van der Waals surface area (Å²) in [6, 6.07) is 17.1. The third kappa shape index (κ3) is 1.76. The minimum atomic E-state index is 0.189. The van der Waals surface area contributed by atoms with Gasteiger partial charge in [0.05, 0.1) is 11.7 Å². The van der Waals surface area contributed by atoms with E-state index in [1.54, 1.807) is 0 Å². The molecule has 0 saturated carbocycles. The largest absolute Gasteiger partial charge is 0.397 e. The molecule has 2 aromatic rings. The molecule has 0 fully saturated rings. The molecule has 0 aliphatic carbocycles. The van der Waals surface area contributed by atoms with E-state index in [2.05, 4.69) is 54.7 Å². The number of hydrogen-bond acceptors (Lipinski definition) is 2. The van der Waals surface area contributed by atoms with E-state index in [0.29, 0.717) is 0 Å². The molecular weight excluding hydrogens is 220 g/mol. The van der Waals surface area contributed by atoms with Crippen molar-refractivity contribution in [2.75, 3.05) is 0 Å². The quantitative estimate of drug-likeness (QED) is 0.799. The van der Waals surface area contributed by atoms with Crippen LogP contribution in [-0.2, 0) is 0 Å². The molecule has 3 rings (SSSR count). The summed E-state index contributed by atoms with van der Waals surface area (Å²) in [5.41, 5.74) is 11.7. The van der Waals surface area contributed by atoms with Gasteiger partial charge in [0.1, 0.15) is 0 Å². The zero-order valence-electron chi connectivity index (χ0n) is 10.4. The Morgan fingerprint density at radius 3 is 2.50 bits per heavy atom. The zero-order valence-corrected chi connectivity index (χ0v) is 10.4. The minimum absolute atomic E-state index is 0.189. The number of nitrogens with two attached hydrogens (primary N) is 1. The number of fused-ring (bicyclic) bond motifs is 1. The van der Waals surface area contributed by atoms with Gasteiger partial charge in [-0.3, -0.25) is 0 Å². The Kier molecular flexibility index (Phi) is 2.56. The lowest BCUT2D eigenvalue weighted by atomic mass is 9.91. The molecule has 2 aromatic carbocycles. The number of nitrogens with one attached hydrogen (secondary N) is 1. The van der Waals surface area contributed by atoms with E-state index < -0.39 is 0 Å². The molecule has 1 heterocycles. The van der Waals surface area contributed by atoms with Crippen LogP contribution in [0.3, 0.4) is 0 Å². The second-order valence-corrected chi connectivity index (χ2v) is 4.70. The van der Waals surface area contributed by atoms with Crippen LogP contribution in [0.5, 0.6) is 0 Å². The van der Waals surface area contributed by atoms with Crippen molar-refractivity contribution in [1.29, 1.82) is 0 Å². The van der Waals surface area contributed by atoms with Crippen LogP contribution in [0.15, 0.2) is 54.7 Å². The van der Waals surface area contributed by atoms with Crippen molar-refractivity contribution < 1.29 is 0 Å². The van der Waals surface area contributed by atoms with Gasteiger partial charge in [0.2, 0.25) is 0 Å². The molecule has 90 valence electrons. The summed E-state index contributed by atoms with van der Waals surface area (Å²) in [6.45, 7) is 2.10. The predicted molar refractivity (Wildman–Crippen MR) is 74.8 cm³/mol. The van der Waals surface area contributed by atoms with E-state index in [9.17, 15) is 0 Å². The molecule has 0 radical (unpaired) electrons. The van der Waals surface area contributed by atoms with E-state index >= 15 is 0 Å². The van der Waals surface area contributed by atoms with Crippen molar-refractivity contribution in [3.8, 4) is 0 Å². The first-order valence-electron chi connectivity index (χ1n) is 6.13. The smallest absolute Gasteiger partial charge is 0.0769 e. The molecule has 0 amide bonds. The van der Waals surface area contributed by atoms with Crippen molar-refractivity contribution in [3.63, 3.8) is 0 Å². The number of rotatable bonds is 1. The third-order valence-electron chi connectivity index (χ3n) is 3.40. The molecule has 1 aliphatic heterocycles. The summed E-state index contributed by atoms with van der Waals surface area (Å²) >= 11 is 0. The van der Waals surface area contributed by atoms with Gasteiger partial charge in [-0.15, -0.1) is 0 Å². The van der Waals surface area contributed by atoms with Crippen LogP contribution in [0.2, 0.25) is 0 Å². The average Bonchev–Trinajstić information content (AvgIpc) is 2.41. The first-order valence-corrected chi connectivity index (χ1v) is 6.13. The highest BCUT2D eigenvalue weighted by Crippen LogP contribution is 2.30. The van der Waals surface area contributed by atoms with Crippen LogP contribution in [0.1, 0.15) is 28.3 Å². The van der Waals surface area contributed by atoms with Crippen LogP contribution in [-0.4, -0.2) is 0 Å². The number of aryl methyl sites for hydroxylation is 1. The Morgan fingerprint density at radius 2 is 1.72 bits per heavy atom. The molecule has 2 nitrogen and oxygen atoms in total. The van der Waals surface area contributed by atoms with Gasteiger partial charge in [0.25, 0.3) is 0 Å². The molecule has 1 unspecified atom stereocenters. The second kappa shape index (κ2) is 4.22. The Bertz CT molecular complexity index is 597. The summed E-state index contributed by atoms with van der Waals surface area (Å²) in [5.74, 6) is 0. The van der Waals surface area contributed by atoms with E-state index in [1.807, 2.05) is 12.3 Å². The minimum Gasteiger partial charge on any atom is -0.397 e. The molecule has 0 saturated heterocycles. The lowest BCUT2D eigenvalue weighted by molar-refractivity contribution is 0.715. The Balaban J connectivity index is 2.08. The summed E-state index contributed by atoms with van der Waals surface area (Å²) in [6.07, 6.45) is 1.90. The molecule has 1 aliphatic rings. The van der Waals surface area contributed by atoms with Crippen molar-refractivity contribution in [2.45, 2.75) is 13.0 Å². The highest BCUT2D eigenvalue weighted by atomic mass is 14.9. The first kappa shape index (κ1) is 10.9. The van der Waals surface area contributed by atoms with Crippen molar-refractivity contribution >= 4 is 5.70 Å². The number of benzene rings is 2. The van der Waals surface area contributed by atoms with Crippen LogP contribution in [0, 0.1) is 6.92 Å². The molecule has 0 aromatic heterocycles. The summed E-state index contributed by atoms with van der Waals surface area (Å²) in [5, 5.41) is 3.37. The van der Waals surface area contributed by atoms with Gasteiger partial charge >= 0.3 is 0 Å². The lowest BCUT2D eigenvalue weighted by Crippen LogP contribution is -2.24. The molecule has 2 heteroatoms. The third-order valence-corrected chi connectivity index (χ3v) is 3.40. The fraction of sp³-hybridized carbons (Fsp3) is 0.125. The average molecular weight is 236 g/mol. The maximum atomic E-state index is 6.01. The van der Waals surface area contributed by atoms with Crippen LogP contribution >= 0.6 is 0 Å². The Hall–Kier alpha value is -2.22. The second-order valence-electron chi connectivity index (χ2n) is 4.70. The highest BCUT2D eigenvalue weighted by molar-refractivity contribution is 5.68. The van der Waals surface area contributed by atoms with E-state index in [-0.39, 0.29) is 6.04 Å². The standard InChI is InChI=1S/C16H16N2/c1-11-6-8-12(9-7-11)16-14-5-3-2-4-13(14)15(17)10-18-16/h2-10,16,18H,17H2,1H3.